The van der Waals surface area contributed by atoms with Crippen molar-refractivity contribution < 1.29 is 18.0 Å². The standard InChI is InChI=1S/C18H13F3O/c19-18(20,21)16-8-4-7-15(13-16)10-12-17(22)11-9-14-5-2-1-3-6-14/h1-13H/b11-9+,12-10+. The van der Waals surface area contributed by atoms with Crippen LogP contribution in [0, 0.1) is 0 Å². The van der Waals surface area contributed by atoms with E-state index in [0.717, 1.165) is 17.7 Å². The predicted molar refractivity (Wildman–Crippen MR) is 81.0 cm³/mol. The molecule has 2 aromatic carbocycles. The number of benzene rings is 2. The Morgan fingerprint density at radius 2 is 1.41 bits per heavy atom. The quantitative estimate of drug-likeness (QED) is 0.726. The van der Waals surface area contributed by atoms with Gasteiger partial charge < -0.3 is 0 Å². The first kappa shape index (κ1) is 15.8. The molecule has 2 rings (SSSR count). The van der Waals surface area contributed by atoms with Gasteiger partial charge in [-0.2, -0.15) is 13.2 Å². The van der Waals surface area contributed by atoms with Crippen molar-refractivity contribution in [3.05, 3.63) is 83.4 Å². The summed E-state index contributed by atoms with van der Waals surface area (Å²) < 4.78 is 37.7. The Morgan fingerprint density at radius 1 is 0.818 bits per heavy atom. The molecule has 0 aliphatic rings. The van der Waals surface area contributed by atoms with Gasteiger partial charge in [0.05, 0.1) is 5.56 Å². The van der Waals surface area contributed by atoms with E-state index in [4.69, 9.17) is 0 Å². The largest absolute Gasteiger partial charge is 0.416 e. The molecule has 22 heavy (non-hydrogen) atoms. The Kier molecular flexibility index (Phi) is 4.94. The van der Waals surface area contributed by atoms with E-state index in [9.17, 15) is 18.0 Å². The maximum absolute atomic E-state index is 12.6. The van der Waals surface area contributed by atoms with Crippen LogP contribution in [0.25, 0.3) is 12.2 Å². The summed E-state index contributed by atoms with van der Waals surface area (Å²) in [7, 11) is 0. The minimum Gasteiger partial charge on any atom is -0.290 e. The third-order valence-corrected chi connectivity index (χ3v) is 2.89. The highest BCUT2D eigenvalue weighted by Gasteiger charge is 2.30. The van der Waals surface area contributed by atoms with Crippen LogP contribution >= 0.6 is 0 Å². The van der Waals surface area contributed by atoms with Crippen molar-refractivity contribution in [2.45, 2.75) is 6.18 Å². The van der Waals surface area contributed by atoms with Gasteiger partial charge in [-0.1, -0.05) is 54.6 Å². The summed E-state index contributed by atoms with van der Waals surface area (Å²) in [5.74, 6) is -0.290. The zero-order chi connectivity index (χ0) is 16.0. The Labute approximate surface area is 126 Å². The number of alkyl halides is 3. The topological polar surface area (TPSA) is 17.1 Å². The fourth-order valence-corrected chi connectivity index (χ4v) is 1.80. The molecule has 112 valence electrons. The van der Waals surface area contributed by atoms with Crippen LogP contribution in [-0.4, -0.2) is 5.78 Å². The second-order valence-electron chi connectivity index (χ2n) is 4.60. The van der Waals surface area contributed by atoms with Crippen LogP contribution in [0.3, 0.4) is 0 Å². The number of ketones is 1. The van der Waals surface area contributed by atoms with Gasteiger partial charge in [0.25, 0.3) is 0 Å². The van der Waals surface area contributed by atoms with Gasteiger partial charge in [0.2, 0.25) is 0 Å². The van der Waals surface area contributed by atoms with Crippen molar-refractivity contribution in [3.63, 3.8) is 0 Å². The highest BCUT2D eigenvalue weighted by molar-refractivity contribution is 6.04. The van der Waals surface area contributed by atoms with Crippen LogP contribution in [0.1, 0.15) is 16.7 Å². The second kappa shape index (κ2) is 6.89. The normalized spacial score (nSPS) is 12.1. The molecule has 0 atom stereocenters. The fraction of sp³-hybridized carbons (Fsp3) is 0.0556. The van der Waals surface area contributed by atoms with Gasteiger partial charge in [0.1, 0.15) is 0 Å². The van der Waals surface area contributed by atoms with Crippen LogP contribution < -0.4 is 0 Å². The summed E-state index contributed by atoms with van der Waals surface area (Å²) in [5, 5.41) is 0. The maximum atomic E-state index is 12.6. The van der Waals surface area contributed by atoms with Crippen molar-refractivity contribution in [1.82, 2.24) is 0 Å². The molecule has 0 saturated heterocycles. The molecular weight excluding hydrogens is 289 g/mol. The summed E-state index contributed by atoms with van der Waals surface area (Å²) >= 11 is 0. The molecule has 0 fully saturated rings. The molecule has 0 N–H and O–H groups in total. The number of carbonyl (C=O) groups excluding carboxylic acids is 1. The highest BCUT2D eigenvalue weighted by Crippen LogP contribution is 2.29. The van der Waals surface area contributed by atoms with Gasteiger partial charge in [-0.05, 0) is 35.4 Å². The molecule has 2 aromatic rings. The van der Waals surface area contributed by atoms with E-state index in [2.05, 4.69) is 0 Å². The van der Waals surface area contributed by atoms with Gasteiger partial charge >= 0.3 is 6.18 Å². The van der Waals surface area contributed by atoms with E-state index in [-0.39, 0.29) is 5.78 Å². The number of allylic oxidation sites excluding steroid dienone is 2. The van der Waals surface area contributed by atoms with E-state index in [1.54, 1.807) is 6.08 Å². The van der Waals surface area contributed by atoms with Crippen LogP contribution in [-0.2, 0) is 11.0 Å². The molecule has 4 heteroatoms. The molecule has 0 aliphatic heterocycles. The lowest BCUT2D eigenvalue weighted by Gasteiger charge is -2.06. The van der Waals surface area contributed by atoms with Crippen LogP contribution in [0.15, 0.2) is 66.7 Å². The summed E-state index contributed by atoms with van der Waals surface area (Å²) in [4.78, 5) is 11.7. The van der Waals surface area contributed by atoms with E-state index in [1.165, 1.54) is 30.4 Å². The van der Waals surface area contributed by atoms with Crippen LogP contribution in [0.2, 0.25) is 0 Å². The summed E-state index contributed by atoms with van der Waals surface area (Å²) in [5.41, 5.74) is 0.474. The zero-order valence-corrected chi connectivity index (χ0v) is 11.5. The molecule has 0 unspecified atom stereocenters. The van der Waals surface area contributed by atoms with Crippen molar-refractivity contribution in [1.29, 1.82) is 0 Å². The molecule has 0 radical (unpaired) electrons. The highest BCUT2D eigenvalue weighted by atomic mass is 19.4. The lowest BCUT2D eigenvalue weighted by Crippen LogP contribution is -2.04. The Bertz CT molecular complexity index is 698. The third kappa shape index (κ3) is 4.74. The molecule has 1 nitrogen and oxygen atoms in total. The van der Waals surface area contributed by atoms with Gasteiger partial charge in [0.15, 0.2) is 5.78 Å². The van der Waals surface area contributed by atoms with Gasteiger partial charge in [0, 0.05) is 0 Å². The van der Waals surface area contributed by atoms with Gasteiger partial charge in [-0.25, -0.2) is 0 Å². The summed E-state index contributed by atoms with van der Waals surface area (Å²) in [6.07, 6.45) is 1.25. The maximum Gasteiger partial charge on any atom is 0.416 e. The minimum atomic E-state index is -4.39. The van der Waals surface area contributed by atoms with E-state index < -0.39 is 11.7 Å². The number of halogens is 3. The summed E-state index contributed by atoms with van der Waals surface area (Å²) in [6, 6.07) is 14.1. The molecule has 0 amide bonds. The molecule has 0 aliphatic carbocycles. The number of rotatable bonds is 4. The lowest BCUT2D eigenvalue weighted by atomic mass is 10.1. The molecular formula is C18H13F3O. The van der Waals surface area contributed by atoms with Crippen molar-refractivity contribution in [2.24, 2.45) is 0 Å². The molecule has 0 spiro atoms. The number of hydrogen-bond acceptors (Lipinski definition) is 1. The first-order valence-electron chi connectivity index (χ1n) is 6.57. The molecule has 0 bridgehead atoms. The fourth-order valence-electron chi connectivity index (χ4n) is 1.80. The van der Waals surface area contributed by atoms with E-state index >= 15 is 0 Å². The van der Waals surface area contributed by atoms with Crippen molar-refractivity contribution >= 4 is 17.9 Å². The SMILES string of the molecule is O=C(/C=C/c1ccccc1)/C=C/c1cccc(C(F)(F)F)c1. The Balaban J connectivity index is 2.06. The third-order valence-electron chi connectivity index (χ3n) is 2.89. The molecule has 0 aromatic heterocycles. The monoisotopic (exact) mass is 302 g/mol. The van der Waals surface area contributed by atoms with Crippen molar-refractivity contribution in [3.8, 4) is 0 Å². The Hall–Kier alpha value is -2.62. The molecule has 0 heterocycles. The van der Waals surface area contributed by atoms with Gasteiger partial charge in [-0.15, -0.1) is 0 Å². The first-order valence-corrected chi connectivity index (χ1v) is 6.57. The van der Waals surface area contributed by atoms with Gasteiger partial charge in [-0.3, -0.25) is 4.79 Å². The smallest absolute Gasteiger partial charge is 0.290 e. The van der Waals surface area contributed by atoms with Crippen molar-refractivity contribution in [2.75, 3.05) is 0 Å². The summed E-state index contributed by atoms with van der Waals surface area (Å²) in [6.45, 7) is 0. The number of carbonyl (C=O) groups is 1. The van der Waals surface area contributed by atoms with Crippen LogP contribution in [0.4, 0.5) is 13.2 Å². The van der Waals surface area contributed by atoms with Crippen LogP contribution in [0.5, 0.6) is 0 Å². The lowest BCUT2D eigenvalue weighted by molar-refractivity contribution is -0.137. The molecule has 0 saturated carbocycles. The zero-order valence-electron chi connectivity index (χ0n) is 11.5. The predicted octanol–water partition coefficient (Wildman–Crippen LogP) is 5.00. The minimum absolute atomic E-state index is 0.290. The Morgan fingerprint density at radius 3 is 2.05 bits per heavy atom. The van der Waals surface area contributed by atoms with E-state index in [1.807, 2.05) is 30.3 Å². The number of hydrogen-bond donors (Lipinski definition) is 0. The average Bonchev–Trinajstić information content (AvgIpc) is 2.51. The van der Waals surface area contributed by atoms with E-state index in [0.29, 0.717) is 5.56 Å². The first-order chi connectivity index (χ1) is 10.4. The average molecular weight is 302 g/mol. The second-order valence-corrected chi connectivity index (χ2v) is 4.60.